The van der Waals surface area contributed by atoms with Crippen molar-refractivity contribution in [3.63, 3.8) is 0 Å². The molecule has 6 N–H and O–H groups in total. The first kappa shape index (κ1) is 22.3. The number of carboxylic acid groups (broad SMARTS) is 1. The molecule has 11 nitrogen and oxygen atoms in total. The van der Waals surface area contributed by atoms with Gasteiger partial charge in [-0.2, -0.15) is 4.40 Å². The van der Waals surface area contributed by atoms with E-state index in [0.29, 0.717) is 20.3 Å². The number of imidazole rings is 1. The molecule has 2 aliphatic heterocycles. The van der Waals surface area contributed by atoms with Crippen LogP contribution in [0.25, 0.3) is 10.4 Å². The molecule has 2 aromatic rings. The van der Waals surface area contributed by atoms with Crippen molar-refractivity contribution in [3.05, 3.63) is 22.6 Å². The Bertz CT molecular complexity index is 1230. The molecule has 1 fully saturated rings. The Morgan fingerprint density at radius 1 is 1.34 bits per heavy atom. The van der Waals surface area contributed by atoms with Crippen molar-refractivity contribution < 1.29 is 33.8 Å². The number of carbonyl (C=O) groups is 4. The zero-order valence-corrected chi connectivity index (χ0v) is 19.1. The quantitative estimate of drug-likeness (QED) is 0.229. The lowest BCUT2D eigenvalue weighted by molar-refractivity contribution is -0.551. The predicted molar refractivity (Wildman–Crippen MR) is 114 cm³/mol. The molecule has 4 heterocycles. The van der Waals surface area contributed by atoms with Crippen LogP contribution in [0.5, 0.6) is 0 Å². The molecule has 0 saturated carbocycles. The lowest BCUT2D eigenvalue weighted by atomic mass is 9.77. The maximum atomic E-state index is 12.6. The number of hydrogen-bond acceptors (Lipinski definition) is 7. The molecule has 3 amide bonds. The van der Waals surface area contributed by atoms with Crippen LogP contribution in [0.15, 0.2) is 17.1 Å². The molecular formula is C19H22N5O6S2+. The number of hydrogen-bond donors (Lipinski definition) is 4. The fraction of sp³-hybridized carbons (Fsp3) is 0.421. The van der Waals surface area contributed by atoms with Crippen molar-refractivity contribution in [2.24, 2.45) is 23.3 Å². The molecule has 1 saturated heterocycles. The minimum absolute atomic E-state index is 0.0830. The summed E-state index contributed by atoms with van der Waals surface area (Å²) >= 11 is 2.49. The van der Waals surface area contributed by atoms with Gasteiger partial charge >= 0.3 is 5.97 Å². The van der Waals surface area contributed by atoms with E-state index < -0.39 is 41.8 Å². The first-order chi connectivity index (χ1) is 15.0. The number of carboxylic acids is 1. The summed E-state index contributed by atoms with van der Waals surface area (Å²) in [6.07, 6.45) is 2.42. The van der Waals surface area contributed by atoms with Crippen molar-refractivity contribution in [1.29, 1.82) is 0 Å². The average molecular weight is 481 g/mol. The second-order valence-electron chi connectivity index (χ2n) is 7.86. The smallest absolute Gasteiger partial charge is 0.352 e. The SMILES string of the molecule is CSc1c(C2=C(C(=O)O)N3C(=O)[C@H]([C@@H](C)O)[C@H]3[C@H]2C)sc2c(C(N)=O)n(CC(N)=O)c[n+]12. The van der Waals surface area contributed by atoms with E-state index >= 15 is 0 Å². The molecule has 4 rings (SSSR count). The molecule has 0 radical (unpaired) electrons. The summed E-state index contributed by atoms with van der Waals surface area (Å²) in [5, 5.41) is 20.6. The summed E-state index contributed by atoms with van der Waals surface area (Å²) in [7, 11) is 0. The predicted octanol–water partition coefficient (Wildman–Crippen LogP) is -0.752. The Morgan fingerprint density at radius 3 is 2.50 bits per heavy atom. The third kappa shape index (κ3) is 2.95. The van der Waals surface area contributed by atoms with E-state index in [1.165, 1.54) is 34.5 Å². The van der Waals surface area contributed by atoms with Gasteiger partial charge in [0.15, 0.2) is 11.6 Å². The van der Waals surface area contributed by atoms with Crippen molar-refractivity contribution in [2.75, 3.05) is 6.26 Å². The molecule has 4 atom stereocenters. The van der Waals surface area contributed by atoms with Gasteiger partial charge in [0.2, 0.25) is 10.7 Å². The minimum atomic E-state index is -1.24. The Labute approximate surface area is 190 Å². The van der Waals surface area contributed by atoms with Crippen molar-refractivity contribution in [1.82, 2.24) is 9.47 Å². The summed E-state index contributed by atoms with van der Waals surface area (Å²) in [5.74, 6) is -4.10. The van der Waals surface area contributed by atoms with Crippen molar-refractivity contribution in [2.45, 2.75) is 37.6 Å². The highest BCUT2D eigenvalue weighted by Gasteiger charge is 2.60. The molecule has 2 aromatic heterocycles. The highest BCUT2D eigenvalue weighted by molar-refractivity contribution is 7.98. The first-order valence-electron chi connectivity index (χ1n) is 9.69. The Balaban J connectivity index is 1.95. The number of aliphatic hydroxyl groups excluding tert-OH is 1. The van der Waals surface area contributed by atoms with E-state index in [2.05, 4.69) is 0 Å². The van der Waals surface area contributed by atoms with E-state index in [9.17, 15) is 29.4 Å². The zero-order chi connectivity index (χ0) is 23.6. The van der Waals surface area contributed by atoms with Gasteiger partial charge < -0.3 is 26.6 Å². The molecule has 0 aliphatic carbocycles. The van der Waals surface area contributed by atoms with Gasteiger partial charge in [0, 0.05) is 11.5 Å². The number of carbonyl (C=O) groups excluding carboxylic acids is 3. The van der Waals surface area contributed by atoms with Crippen LogP contribution < -0.4 is 15.9 Å². The summed E-state index contributed by atoms with van der Waals surface area (Å²) in [6, 6.07) is -0.463. The number of aliphatic hydroxyl groups is 1. The Hall–Kier alpha value is -2.90. The number of rotatable bonds is 7. The lowest BCUT2D eigenvalue weighted by Crippen LogP contribution is -2.63. The summed E-state index contributed by atoms with van der Waals surface area (Å²) in [4.78, 5) is 50.7. The van der Waals surface area contributed by atoms with Crippen LogP contribution in [0, 0.1) is 11.8 Å². The molecule has 0 bridgehead atoms. The number of primary amides is 2. The van der Waals surface area contributed by atoms with Gasteiger partial charge in [0.25, 0.3) is 23.8 Å². The van der Waals surface area contributed by atoms with Gasteiger partial charge in [-0.25, -0.2) is 9.36 Å². The molecular weight excluding hydrogens is 458 g/mol. The summed E-state index contributed by atoms with van der Waals surface area (Å²) in [5.41, 5.74) is 11.3. The van der Waals surface area contributed by atoms with Crippen molar-refractivity contribution >= 4 is 57.2 Å². The minimum Gasteiger partial charge on any atom is -0.477 e. The summed E-state index contributed by atoms with van der Waals surface area (Å²) < 4.78 is 3.04. The molecule has 0 unspecified atom stereocenters. The molecule has 32 heavy (non-hydrogen) atoms. The normalized spacial score (nSPS) is 23.4. The average Bonchev–Trinajstić information content (AvgIpc) is 3.26. The van der Waals surface area contributed by atoms with Crippen LogP contribution in [0.2, 0.25) is 0 Å². The number of thiazole rings is 1. The van der Waals surface area contributed by atoms with Crippen LogP contribution in [0.3, 0.4) is 0 Å². The van der Waals surface area contributed by atoms with Gasteiger partial charge in [0.1, 0.15) is 5.70 Å². The third-order valence-corrected chi connectivity index (χ3v) is 8.06. The van der Waals surface area contributed by atoms with Crippen LogP contribution in [-0.2, 0) is 20.9 Å². The lowest BCUT2D eigenvalue weighted by Gasteiger charge is -2.46. The molecule has 0 spiro atoms. The fourth-order valence-corrected chi connectivity index (χ4v) is 7.13. The number of nitrogens with zero attached hydrogens (tertiary/aromatic N) is 3. The standard InChI is InChI=1S/C19H21N5O6S2/c1-6-9(12(19(29)30)24-11(6)10(7(2)25)16(24)28)14-18(31-3)23-5-22(4-8(20)26)13(15(21)27)17(23)32-14/h5-7,10-11,25H,4H2,1-3H3,(H4-,20,21,26,27,29,30)/p+1/t6-,7+,10+,11+/m0/s1. The summed E-state index contributed by atoms with van der Waals surface area (Å²) in [6.45, 7) is 3.10. The van der Waals surface area contributed by atoms with E-state index in [1.54, 1.807) is 10.7 Å². The second kappa shape index (κ2) is 7.60. The highest BCUT2D eigenvalue weighted by Crippen LogP contribution is 2.52. The maximum absolute atomic E-state index is 12.6. The van der Waals surface area contributed by atoms with Crippen molar-refractivity contribution in [3.8, 4) is 0 Å². The monoisotopic (exact) mass is 480 g/mol. The van der Waals surface area contributed by atoms with E-state index in [4.69, 9.17) is 11.5 Å². The largest absolute Gasteiger partial charge is 0.477 e. The number of thioether (sulfide) groups is 1. The van der Waals surface area contributed by atoms with Crippen LogP contribution in [0.1, 0.15) is 29.2 Å². The topological polar surface area (TPSA) is 173 Å². The van der Waals surface area contributed by atoms with Crippen LogP contribution in [0.4, 0.5) is 0 Å². The van der Waals surface area contributed by atoms with Gasteiger partial charge in [-0.3, -0.25) is 14.4 Å². The molecule has 0 aromatic carbocycles. The zero-order valence-electron chi connectivity index (χ0n) is 17.4. The number of fused-ring (bicyclic) bond motifs is 2. The highest BCUT2D eigenvalue weighted by atomic mass is 32.2. The van der Waals surface area contributed by atoms with Gasteiger partial charge in [0.05, 0.1) is 22.9 Å². The second-order valence-corrected chi connectivity index (χ2v) is 9.65. The van der Waals surface area contributed by atoms with E-state index in [1.807, 2.05) is 6.92 Å². The molecule has 170 valence electrons. The maximum Gasteiger partial charge on any atom is 0.352 e. The third-order valence-electron chi connectivity index (χ3n) is 5.95. The Kier molecular flexibility index (Phi) is 5.30. The number of aromatic nitrogens is 2. The number of nitrogens with two attached hydrogens (primary N) is 2. The van der Waals surface area contributed by atoms with E-state index in [-0.39, 0.29) is 23.9 Å². The molecule has 2 aliphatic rings. The number of amides is 3. The number of aliphatic carboxylic acids is 1. The van der Waals surface area contributed by atoms with Gasteiger partial charge in [-0.1, -0.05) is 30.0 Å². The Morgan fingerprint density at radius 2 is 2.00 bits per heavy atom. The van der Waals surface area contributed by atoms with Crippen LogP contribution in [-0.4, -0.2) is 61.8 Å². The fourth-order valence-electron chi connectivity index (χ4n) is 4.74. The van der Waals surface area contributed by atoms with Gasteiger partial charge in [-0.15, -0.1) is 0 Å². The van der Waals surface area contributed by atoms with Gasteiger partial charge in [-0.05, 0) is 13.2 Å². The molecule has 13 heteroatoms. The van der Waals surface area contributed by atoms with E-state index in [0.717, 1.165) is 11.3 Å². The first-order valence-corrected chi connectivity index (χ1v) is 11.7. The number of β-lactam (4-membered cyclic amide) rings is 1. The van der Waals surface area contributed by atoms with Crippen LogP contribution >= 0.6 is 23.1 Å².